The second-order valence-corrected chi connectivity index (χ2v) is 8.10. The molecule has 10 nitrogen and oxygen atoms in total. The summed E-state index contributed by atoms with van der Waals surface area (Å²) in [5, 5.41) is 18.3. The molecule has 0 saturated heterocycles. The predicted octanol–water partition coefficient (Wildman–Crippen LogP) is 3.00. The van der Waals surface area contributed by atoms with Gasteiger partial charge in [-0.3, -0.25) is 14.8 Å². The molecule has 3 aromatic rings. The third-order valence-electron chi connectivity index (χ3n) is 5.94. The number of methoxy groups -OCH3 is 1. The molecule has 0 aliphatic heterocycles. The molecule has 3 N–H and O–H groups in total. The number of nitrogens with one attached hydrogen (secondary N) is 2. The summed E-state index contributed by atoms with van der Waals surface area (Å²) in [4.78, 5) is 35.9. The van der Waals surface area contributed by atoms with Gasteiger partial charge in [-0.05, 0) is 22.3 Å². The van der Waals surface area contributed by atoms with Crippen molar-refractivity contribution in [2.45, 2.75) is 18.4 Å². The van der Waals surface area contributed by atoms with Gasteiger partial charge in [-0.15, -0.1) is 0 Å². The summed E-state index contributed by atoms with van der Waals surface area (Å²) in [5.41, 5.74) is 4.69. The van der Waals surface area contributed by atoms with Crippen LogP contribution in [0.4, 0.5) is 10.6 Å². The van der Waals surface area contributed by atoms with E-state index in [9.17, 15) is 14.4 Å². The Morgan fingerprint density at radius 1 is 1.09 bits per heavy atom. The van der Waals surface area contributed by atoms with Crippen LogP contribution in [0.1, 0.15) is 34.0 Å². The Kier molecular flexibility index (Phi) is 7.11. The molecule has 0 saturated carbocycles. The number of aryl methyl sites for hydroxylation is 1. The molecule has 1 aliphatic rings. The molecule has 1 aromatic heterocycles. The molecule has 35 heavy (non-hydrogen) atoms. The predicted molar refractivity (Wildman–Crippen MR) is 127 cm³/mol. The smallest absolute Gasteiger partial charge is 0.412 e. The lowest BCUT2D eigenvalue weighted by Crippen LogP contribution is -2.32. The van der Waals surface area contributed by atoms with E-state index in [-0.39, 0.29) is 37.0 Å². The van der Waals surface area contributed by atoms with Crippen molar-refractivity contribution in [2.75, 3.05) is 25.6 Å². The van der Waals surface area contributed by atoms with Gasteiger partial charge in [-0.25, -0.2) is 9.59 Å². The largest absolute Gasteiger partial charge is 0.479 e. The van der Waals surface area contributed by atoms with Crippen molar-refractivity contribution in [3.8, 4) is 11.1 Å². The monoisotopic (exact) mass is 478 g/mol. The average molecular weight is 479 g/mol. The van der Waals surface area contributed by atoms with Gasteiger partial charge in [-0.2, -0.15) is 5.10 Å². The molecule has 0 bridgehead atoms. The molecular formula is C25H26N4O6. The molecule has 2 amide bonds. The first-order chi connectivity index (χ1) is 16.9. The number of aromatic nitrogens is 2. The highest BCUT2D eigenvalue weighted by atomic mass is 16.5. The first-order valence-corrected chi connectivity index (χ1v) is 11.1. The Balaban J connectivity index is 1.34. The number of hydrogen-bond acceptors (Lipinski definition) is 6. The summed E-state index contributed by atoms with van der Waals surface area (Å²) < 4.78 is 11.7. The molecule has 1 atom stereocenters. The number of aliphatic carboxylic acids is 1. The van der Waals surface area contributed by atoms with E-state index in [1.165, 1.54) is 17.9 Å². The van der Waals surface area contributed by atoms with Gasteiger partial charge in [0, 0.05) is 39.1 Å². The maximum absolute atomic E-state index is 12.5. The number of ether oxygens (including phenoxy) is 2. The average Bonchev–Trinajstić information content (AvgIpc) is 3.37. The number of carboxylic acid groups (broad SMARTS) is 1. The molecule has 0 radical (unpaired) electrons. The number of nitrogens with zero attached hydrogens (tertiary/aromatic N) is 2. The number of rotatable bonds is 9. The SMILES string of the molecule is COC(CCNC(=O)c1cc(NC(=O)OCC2c3ccccc3-c3ccccc32)nn1C)C(=O)O. The summed E-state index contributed by atoms with van der Waals surface area (Å²) in [6.07, 6.45) is -1.57. The molecule has 1 unspecified atom stereocenters. The molecule has 0 fully saturated rings. The van der Waals surface area contributed by atoms with Gasteiger partial charge < -0.3 is 19.9 Å². The van der Waals surface area contributed by atoms with Gasteiger partial charge in [0.15, 0.2) is 11.9 Å². The van der Waals surface area contributed by atoms with Crippen LogP contribution >= 0.6 is 0 Å². The number of carbonyl (C=O) groups is 3. The van der Waals surface area contributed by atoms with E-state index in [4.69, 9.17) is 14.6 Å². The minimum absolute atomic E-state index is 0.0695. The molecule has 4 rings (SSSR count). The van der Waals surface area contributed by atoms with Crippen LogP contribution in [0.5, 0.6) is 0 Å². The van der Waals surface area contributed by atoms with Crippen LogP contribution in [0.3, 0.4) is 0 Å². The number of benzene rings is 2. The van der Waals surface area contributed by atoms with Crippen LogP contribution in [0.2, 0.25) is 0 Å². The fourth-order valence-electron chi connectivity index (χ4n) is 4.23. The van der Waals surface area contributed by atoms with E-state index in [2.05, 4.69) is 27.9 Å². The second kappa shape index (κ2) is 10.4. The van der Waals surface area contributed by atoms with Crippen LogP contribution in [0.25, 0.3) is 11.1 Å². The lowest BCUT2D eigenvalue weighted by Gasteiger charge is -2.14. The molecule has 1 aliphatic carbocycles. The topological polar surface area (TPSA) is 132 Å². The molecule has 2 aromatic carbocycles. The van der Waals surface area contributed by atoms with Crippen molar-refractivity contribution >= 4 is 23.8 Å². The number of anilines is 1. The highest BCUT2D eigenvalue weighted by Gasteiger charge is 2.29. The fraction of sp³-hybridized carbons (Fsp3) is 0.280. The lowest BCUT2D eigenvalue weighted by atomic mass is 9.98. The summed E-state index contributed by atoms with van der Waals surface area (Å²) in [6, 6.07) is 17.5. The second-order valence-electron chi connectivity index (χ2n) is 8.10. The van der Waals surface area contributed by atoms with Crippen LogP contribution in [0.15, 0.2) is 54.6 Å². The molecule has 182 valence electrons. The van der Waals surface area contributed by atoms with E-state index in [1.807, 2.05) is 36.4 Å². The fourth-order valence-corrected chi connectivity index (χ4v) is 4.23. The Morgan fingerprint density at radius 3 is 2.31 bits per heavy atom. The Hall–Kier alpha value is -4.18. The normalized spacial score (nSPS) is 13.0. The van der Waals surface area contributed by atoms with E-state index in [0.717, 1.165) is 22.3 Å². The van der Waals surface area contributed by atoms with Gasteiger partial charge in [-0.1, -0.05) is 48.5 Å². The molecule has 1 heterocycles. The zero-order valence-corrected chi connectivity index (χ0v) is 19.4. The Bertz CT molecular complexity index is 1210. The van der Waals surface area contributed by atoms with Crippen molar-refractivity contribution in [3.05, 3.63) is 71.4 Å². The maximum Gasteiger partial charge on any atom is 0.412 e. The van der Waals surface area contributed by atoms with Crippen LogP contribution in [-0.4, -0.2) is 59.2 Å². The lowest BCUT2D eigenvalue weighted by molar-refractivity contribution is -0.148. The zero-order valence-electron chi connectivity index (χ0n) is 19.4. The van der Waals surface area contributed by atoms with Gasteiger partial charge in [0.05, 0.1) is 0 Å². The van der Waals surface area contributed by atoms with Gasteiger partial charge in [0.25, 0.3) is 5.91 Å². The number of hydrogen-bond donors (Lipinski definition) is 3. The van der Waals surface area contributed by atoms with Gasteiger partial charge in [0.1, 0.15) is 12.3 Å². The summed E-state index contributed by atoms with van der Waals surface area (Å²) >= 11 is 0. The Labute approximate surface area is 201 Å². The minimum Gasteiger partial charge on any atom is -0.479 e. The standard InChI is InChI=1S/C25H26N4O6/c1-29-20(23(30)26-12-11-21(34-2)24(31)32)13-22(28-29)27-25(33)35-14-19-17-9-5-3-7-15(17)16-8-4-6-10-18(16)19/h3-10,13,19,21H,11-12,14H2,1-2H3,(H,26,30)(H,31,32)(H,27,28,33). The van der Waals surface area contributed by atoms with Gasteiger partial charge in [0.2, 0.25) is 0 Å². The van der Waals surface area contributed by atoms with Crippen molar-refractivity contribution in [2.24, 2.45) is 7.05 Å². The first kappa shape index (κ1) is 24.0. The molecule has 10 heteroatoms. The van der Waals surface area contributed by atoms with Crippen LogP contribution in [-0.2, 0) is 21.3 Å². The molecular weight excluding hydrogens is 452 g/mol. The maximum atomic E-state index is 12.5. The van der Waals surface area contributed by atoms with Crippen LogP contribution in [0, 0.1) is 0 Å². The quantitative estimate of drug-likeness (QED) is 0.431. The van der Waals surface area contributed by atoms with E-state index in [1.54, 1.807) is 7.05 Å². The zero-order chi connectivity index (χ0) is 24.9. The number of carbonyl (C=O) groups excluding carboxylic acids is 2. The van der Waals surface area contributed by atoms with Crippen molar-refractivity contribution in [1.29, 1.82) is 0 Å². The van der Waals surface area contributed by atoms with E-state index in [0.29, 0.717) is 0 Å². The summed E-state index contributed by atoms with van der Waals surface area (Å²) in [5.74, 6) is -1.46. The minimum atomic E-state index is -1.10. The number of carboxylic acids is 1. The van der Waals surface area contributed by atoms with Crippen LogP contribution < -0.4 is 10.6 Å². The third kappa shape index (κ3) is 5.17. The highest BCUT2D eigenvalue weighted by molar-refractivity contribution is 5.94. The number of fused-ring (bicyclic) bond motifs is 3. The van der Waals surface area contributed by atoms with E-state index >= 15 is 0 Å². The summed E-state index contributed by atoms with van der Waals surface area (Å²) in [6.45, 7) is 0.258. The van der Waals surface area contributed by atoms with Gasteiger partial charge >= 0.3 is 12.1 Å². The number of amides is 2. The molecule has 0 spiro atoms. The first-order valence-electron chi connectivity index (χ1n) is 11.1. The van der Waals surface area contributed by atoms with Crippen molar-refractivity contribution in [1.82, 2.24) is 15.1 Å². The van der Waals surface area contributed by atoms with Crippen molar-refractivity contribution in [3.63, 3.8) is 0 Å². The summed E-state index contributed by atoms with van der Waals surface area (Å²) in [7, 11) is 2.86. The van der Waals surface area contributed by atoms with Crippen molar-refractivity contribution < 1.29 is 29.0 Å². The third-order valence-corrected chi connectivity index (χ3v) is 5.94. The highest BCUT2D eigenvalue weighted by Crippen LogP contribution is 2.44. The Morgan fingerprint density at radius 2 is 1.71 bits per heavy atom. The van der Waals surface area contributed by atoms with E-state index < -0.39 is 24.1 Å².